The highest BCUT2D eigenvalue weighted by Crippen LogP contribution is 2.29. The van der Waals surface area contributed by atoms with E-state index >= 15 is 0 Å². The second-order valence-electron chi connectivity index (χ2n) is 7.26. The predicted molar refractivity (Wildman–Crippen MR) is 112 cm³/mol. The molecule has 0 aliphatic carbocycles. The van der Waals surface area contributed by atoms with E-state index in [1.807, 2.05) is 45.0 Å². The van der Waals surface area contributed by atoms with Crippen LogP contribution in [0.15, 0.2) is 36.4 Å². The number of halogens is 1. The van der Waals surface area contributed by atoms with Crippen molar-refractivity contribution >= 4 is 40.8 Å². The lowest BCUT2D eigenvalue weighted by Crippen LogP contribution is -2.28. The molecule has 1 saturated heterocycles. The minimum absolute atomic E-state index is 0.0445. The number of nitrogens with zero attached hydrogens (tertiary/aromatic N) is 1. The smallest absolute Gasteiger partial charge is 0.311 e. The molecule has 2 aromatic rings. The monoisotopic (exact) mass is 414 g/mol. The summed E-state index contributed by atoms with van der Waals surface area (Å²) in [5.74, 6) is -1.76. The molecule has 6 nitrogen and oxygen atoms in total. The SMILES string of the molecule is Cc1ccc(N2C[C@H](C(=O)OCC(=O)Nc3c(C)cccc3C)CC2=O)cc1Cl. The Labute approximate surface area is 174 Å². The minimum atomic E-state index is -0.615. The van der Waals surface area contributed by atoms with Crippen LogP contribution in [0.3, 0.4) is 0 Å². The largest absolute Gasteiger partial charge is 0.455 e. The fourth-order valence-electron chi connectivity index (χ4n) is 3.31. The molecule has 1 aliphatic heterocycles. The highest BCUT2D eigenvalue weighted by Gasteiger charge is 2.36. The molecule has 0 bridgehead atoms. The number of nitrogens with one attached hydrogen (secondary N) is 1. The summed E-state index contributed by atoms with van der Waals surface area (Å²) in [6.07, 6.45) is 0.0445. The number of carbonyl (C=O) groups is 3. The highest BCUT2D eigenvalue weighted by molar-refractivity contribution is 6.31. The third-order valence-electron chi connectivity index (χ3n) is 5.02. The van der Waals surface area contributed by atoms with Crippen LogP contribution in [-0.4, -0.2) is 30.9 Å². The van der Waals surface area contributed by atoms with Crippen LogP contribution < -0.4 is 10.2 Å². The van der Waals surface area contributed by atoms with Crippen molar-refractivity contribution in [2.24, 2.45) is 5.92 Å². The molecule has 0 radical (unpaired) electrons. The van der Waals surface area contributed by atoms with Gasteiger partial charge < -0.3 is 15.0 Å². The van der Waals surface area contributed by atoms with Gasteiger partial charge in [0, 0.05) is 29.4 Å². The fourth-order valence-corrected chi connectivity index (χ4v) is 3.48. The quantitative estimate of drug-likeness (QED) is 0.755. The van der Waals surface area contributed by atoms with Gasteiger partial charge in [0.15, 0.2) is 6.61 Å². The van der Waals surface area contributed by atoms with Gasteiger partial charge in [0.25, 0.3) is 5.91 Å². The van der Waals surface area contributed by atoms with Crippen molar-refractivity contribution in [1.82, 2.24) is 0 Å². The molecule has 1 fully saturated rings. The first-order valence-electron chi connectivity index (χ1n) is 9.35. The Hall–Kier alpha value is -2.86. The Morgan fingerprint density at radius 2 is 1.83 bits per heavy atom. The van der Waals surface area contributed by atoms with E-state index in [9.17, 15) is 14.4 Å². The fraction of sp³-hybridized carbons (Fsp3) is 0.318. The number of benzene rings is 2. The Morgan fingerprint density at radius 3 is 2.48 bits per heavy atom. The average molecular weight is 415 g/mol. The van der Waals surface area contributed by atoms with Gasteiger partial charge in [-0.2, -0.15) is 0 Å². The third-order valence-corrected chi connectivity index (χ3v) is 5.42. The van der Waals surface area contributed by atoms with Gasteiger partial charge in [-0.25, -0.2) is 0 Å². The number of carbonyl (C=O) groups excluding carboxylic acids is 3. The van der Waals surface area contributed by atoms with Crippen molar-refractivity contribution in [3.63, 3.8) is 0 Å². The summed E-state index contributed by atoms with van der Waals surface area (Å²) in [6, 6.07) is 11.0. The Balaban J connectivity index is 1.56. The zero-order valence-electron chi connectivity index (χ0n) is 16.6. The highest BCUT2D eigenvalue weighted by atomic mass is 35.5. The Bertz CT molecular complexity index is 953. The third kappa shape index (κ3) is 4.77. The van der Waals surface area contributed by atoms with Crippen LogP contribution in [0.1, 0.15) is 23.1 Å². The molecule has 1 aliphatic rings. The summed E-state index contributed by atoms with van der Waals surface area (Å²) in [6.45, 7) is 5.47. The second kappa shape index (κ2) is 8.66. The first kappa shape index (κ1) is 20.9. The van der Waals surface area contributed by atoms with Crippen LogP contribution >= 0.6 is 11.6 Å². The first-order valence-corrected chi connectivity index (χ1v) is 9.73. The van der Waals surface area contributed by atoms with Gasteiger partial charge >= 0.3 is 5.97 Å². The number of esters is 1. The molecule has 1 N–H and O–H groups in total. The van der Waals surface area contributed by atoms with Crippen LogP contribution in [-0.2, 0) is 19.1 Å². The maximum Gasteiger partial charge on any atom is 0.311 e. The number of aryl methyl sites for hydroxylation is 3. The van der Waals surface area contributed by atoms with E-state index in [1.165, 1.54) is 4.90 Å². The molecule has 3 rings (SSSR count). The predicted octanol–water partition coefficient (Wildman–Crippen LogP) is 3.80. The van der Waals surface area contributed by atoms with Crippen LogP contribution in [0, 0.1) is 26.7 Å². The van der Waals surface area contributed by atoms with Crippen LogP contribution in [0.4, 0.5) is 11.4 Å². The molecular weight excluding hydrogens is 392 g/mol. The van der Waals surface area contributed by atoms with Gasteiger partial charge in [-0.05, 0) is 49.6 Å². The van der Waals surface area contributed by atoms with Gasteiger partial charge in [0.05, 0.1) is 5.92 Å². The number of anilines is 2. The second-order valence-corrected chi connectivity index (χ2v) is 7.67. The molecule has 0 spiro atoms. The molecule has 1 atom stereocenters. The van der Waals surface area contributed by atoms with Crippen molar-refractivity contribution in [3.05, 3.63) is 58.1 Å². The standard InChI is InChI=1S/C22H23ClN2O4/c1-13-7-8-17(10-18(13)23)25-11-16(9-20(25)27)22(28)29-12-19(26)24-21-14(2)5-4-6-15(21)3/h4-8,10,16H,9,11-12H2,1-3H3,(H,24,26)/t16-/m1/s1. The lowest BCUT2D eigenvalue weighted by Gasteiger charge is -2.17. The molecule has 2 aromatic carbocycles. The summed E-state index contributed by atoms with van der Waals surface area (Å²) >= 11 is 6.14. The van der Waals surface area contributed by atoms with Crippen LogP contribution in [0.5, 0.6) is 0 Å². The van der Waals surface area contributed by atoms with Crippen molar-refractivity contribution in [2.75, 3.05) is 23.4 Å². The molecule has 29 heavy (non-hydrogen) atoms. The molecule has 152 valence electrons. The van der Waals surface area contributed by atoms with E-state index in [2.05, 4.69) is 5.32 Å². The van der Waals surface area contributed by atoms with Gasteiger partial charge in [0.1, 0.15) is 0 Å². The maximum absolute atomic E-state index is 12.4. The zero-order chi connectivity index (χ0) is 21.1. The number of hydrogen-bond acceptors (Lipinski definition) is 4. The average Bonchev–Trinajstić information content (AvgIpc) is 3.07. The number of amides is 2. The van der Waals surface area contributed by atoms with Crippen molar-refractivity contribution in [1.29, 1.82) is 0 Å². The topological polar surface area (TPSA) is 75.7 Å². The molecular formula is C22H23ClN2O4. The minimum Gasteiger partial charge on any atom is -0.455 e. The maximum atomic E-state index is 12.4. The van der Waals surface area contributed by atoms with Crippen molar-refractivity contribution in [3.8, 4) is 0 Å². The van der Waals surface area contributed by atoms with Crippen molar-refractivity contribution < 1.29 is 19.1 Å². The molecule has 2 amide bonds. The summed E-state index contributed by atoms with van der Waals surface area (Å²) in [7, 11) is 0. The van der Waals surface area contributed by atoms with E-state index in [0.29, 0.717) is 16.4 Å². The lowest BCUT2D eigenvalue weighted by atomic mass is 10.1. The number of ether oxygens (including phenoxy) is 1. The summed E-state index contributed by atoms with van der Waals surface area (Å²) in [5, 5.41) is 3.33. The summed E-state index contributed by atoms with van der Waals surface area (Å²) < 4.78 is 5.16. The summed E-state index contributed by atoms with van der Waals surface area (Å²) in [5.41, 5.74) is 4.13. The van der Waals surface area contributed by atoms with Gasteiger partial charge in [-0.3, -0.25) is 14.4 Å². The lowest BCUT2D eigenvalue weighted by molar-refractivity contribution is -0.151. The number of para-hydroxylation sites is 1. The zero-order valence-corrected chi connectivity index (χ0v) is 17.4. The number of hydrogen-bond donors (Lipinski definition) is 1. The van der Waals surface area contributed by atoms with E-state index in [0.717, 1.165) is 16.7 Å². The van der Waals surface area contributed by atoms with Crippen molar-refractivity contribution in [2.45, 2.75) is 27.2 Å². The molecule has 1 heterocycles. The molecule has 0 aromatic heterocycles. The van der Waals surface area contributed by atoms with E-state index < -0.39 is 24.4 Å². The van der Waals surface area contributed by atoms with E-state index in [-0.39, 0.29) is 18.9 Å². The van der Waals surface area contributed by atoms with Gasteiger partial charge in [-0.15, -0.1) is 0 Å². The van der Waals surface area contributed by atoms with E-state index in [4.69, 9.17) is 16.3 Å². The van der Waals surface area contributed by atoms with Gasteiger partial charge in [-0.1, -0.05) is 35.9 Å². The molecule has 0 unspecified atom stereocenters. The van der Waals surface area contributed by atoms with Crippen LogP contribution in [0.25, 0.3) is 0 Å². The van der Waals surface area contributed by atoms with Gasteiger partial charge in [0.2, 0.25) is 5.91 Å². The normalized spacial score (nSPS) is 16.1. The van der Waals surface area contributed by atoms with E-state index in [1.54, 1.807) is 12.1 Å². The Morgan fingerprint density at radius 1 is 1.14 bits per heavy atom. The van der Waals surface area contributed by atoms with Crippen LogP contribution in [0.2, 0.25) is 5.02 Å². The summed E-state index contributed by atoms with van der Waals surface area (Å²) in [4.78, 5) is 38.4. The Kier molecular flexibility index (Phi) is 6.23. The first-order chi connectivity index (χ1) is 13.8. The molecule has 0 saturated carbocycles. The molecule has 7 heteroatoms. The number of rotatable bonds is 5.